The molecule has 2 saturated heterocycles. The van der Waals surface area contributed by atoms with E-state index in [0.717, 1.165) is 45.1 Å². The monoisotopic (exact) mass is 392 g/mol. The highest BCUT2D eigenvalue weighted by atomic mass is 32.2. The van der Waals surface area contributed by atoms with Crippen LogP contribution in [0.5, 0.6) is 0 Å². The predicted octanol–water partition coefficient (Wildman–Crippen LogP) is 3.90. The summed E-state index contributed by atoms with van der Waals surface area (Å²) in [5, 5.41) is 0. The molecule has 0 N–H and O–H groups in total. The minimum atomic E-state index is -3.52. The Morgan fingerprint density at radius 3 is 2.44 bits per heavy atom. The molecule has 1 unspecified atom stereocenters. The molecule has 0 aromatic heterocycles. The maximum absolute atomic E-state index is 13.1. The summed E-state index contributed by atoms with van der Waals surface area (Å²) in [4.78, 5) is 15.3. The minimum absolute atomic E-state index is 0.0440. The van der Waals surface area contributed by atoms with Gasteiger partial charge in [0.1, 0.15) is 0 Å². The second-order valence-electron chi connectivity index (χ2n) is 9.05. The summed E-state index contributed by atoms with van der Waals surface area (Å²) < 4.78 is 27.4. The van der Waals surface area contributed by atoms with E-state index in [2.05, 4.69) is 20.8 Å². The highest BCUT2D eigenvalue weighted by Gasteiger charge is 2.33. The Morgan fingerprint density at radius 1 is 1.07 bits per heavy atom. The summed E-state index contributed by atoms with van der Waals surface area (Å²) in [5.41, 5.74) is 0.640. The topological polar surface area (TPSA) is 57.7 Å². The largest absolute Gasteiger partial charge is 0.336 e. The lowest BCUT2D eigenvalue weighted by molar-refractivity contribution is 0.0704. The van der Waals surface area contributed by atoms with Gasteiger partial charge in [-0.3, -0.25) is 4.79 Å². The van der Waals surface area contributed by atoms with Crippen molar-refractivity contribution in [3.63, 3.8) is 0 Å². The first kappa shape index (κ1) is 20.3. The molecule has 0 aliphatic carbocycles. The van der Waals surface area contributed by atoms with Crippen LogP contribution in [0.3, 0.4) is 0 Å². The van der Waals surface area contributed by atoms with E-state index in [1.54, 1.807) is 28.6 Å². The number of nitrogens with zero attached hydrogens (tertiary/aromatic N) is 2. The summed E-state index contributed by atoms with van der Waals surface area (Å²) in [7, 11) is -3.52. The molecule has 6 heteroatoms. The first-order valence-electron chi connectivity index (χ1n) is 10.1. The van der Waals surface area contributed by atoms with E-state index in [1.165, 1.54) is 0 Å². The van der Waals surface area contributed by atoms with Crippen LogP contribution >= 0.6 is 0 Å². The van der Waals surface area contributed by atoms with E-state index in [4.69, 9.17) is 0 Å². The van der Waals surface area contributed by atoms with Crippen LogP contribution in [0.2, 0.25) is 0 Å². The van der Waals surface area contributed by atoms with Crippen molar-refractivity contribution in [3.05, 3.63) is 29.8 Å². The van der Waals surface area contributed by atoms with Gasteiger partial charge in [-0.1, -0.05) is 33.3 Å². The lowest BCUT2D eigenvalue weighted by Gasteiger charge is -2.30. The van der Waals surface area contributed by atoms with Gasteiger partial charge in [0.05, 0.1) is 4.90 Å². The van der Waals surface area contributed by atoms with Crippen molar-refractivity contribution in [2.45, 2.75) is 70.2 Å². The van der Waals surface area contributed by atoms with Crippen molar-refractivity contribution in [2.24, 2.45) is 5.41 Å². The van der Waals surface area contributed by atoms with Gasteiger partial charge in [-0.2, -0.15) is 4.31 Å². The first-order chi connectivity index (χ1) is 12.7. The third-order valence-corrected chi connectivity index (χ3v) is 7.41. The molecule has 1 aromatic rings. The molecule has 0 bridgehead atoms. The second-order valence-corrected chi connectivity index (χ2v) is 11.0. The number of likely N-dealkylation sites (tertiary alicyclic amines) is 1. The summed E-state index contributed by atoms with van der Waals surface area (Å²) in [6.07, 6.45) is 5.88. The Kier molecular flexibility index (Phi) is 5.96. The smallest absolute Gasteiger partial charge is 0.254 e. The molecule has 0 saturated carbocycles. The number of amides is 1. The number of benzene rings is 1. The lowest BCUT2D eigenvalue weighted by atomic mass is 9.87. The number of hydrogen-bond acceptors (Lipinski definition) is 3. The fourth-order valence-electron chi connectivity index (χ4n) is 4.23. The maximum atomic E-state index is 13.1. The molecular formula is C21H32N2O3S. The van der Waals surface area contributed by atoms with Crippen molar-refractivity contribution in [1.29, 1.82) is 0 Å². The third-order valence-electron chi connectivity index (χ3n) is 5.52. The summed E-state index contributed by atoms with van der Waals surface area (Å²) >= 11 is 0. The minimum Gasteiger partial charge on any atom is -0.336 e. The molecule has 2 aliphatic rings. The highest BCUT2D eigenvalue weighted by Crippen LogP contribution is 2.31. The van der Waals surface area contributed by atoms with Crippen LogP contribution in [0, 0.1) is 5.41 Å². The fourth-order valence-corrected chi connectivity index (χ4v) is 5.80. The Labute approximate surface area is 163 Å². The van der Waals surface area contributed by atoms with E-state index in [-0.39, 0.29) is 22.3 Å². The molecule has 1 amide bonds. The van der Waals surface area contributed by atoms with E-state index in [9.17, 15) is 13.2 Å². The Hall–Kier alpha value is -1.40. The molecule has 150 valence electrons. The molecule has 2 fully saturated rings. The number of sulfonamides is 1. The number of rotatable bonds is 4. The van der Waals surface area contributed by atoms with Gasteiger partial charge in [-0.05, 0) is 55.7 Å². The van der Waals surface area contributed by atoms with Crippen molar-refractivity contribution in [2.75, 3.05) is 19.6 Å². The van der Waals surface area contributed by atoms with Crippen molar-refractivity contribution in [3.8, 4) is 0 Å². The average molecular weight is 393 g/mol. The van der Waals surface area contributed by atoms with Gasteiger partial charge >= 0.3 is 0 Å². The van der Waals surface area contributed by atoms with Crippen molar-refractivity contribution < 1.29 is 13.2 Å². The molecule has 0 radical (unpaired) electrons. The van der Waals surface area contributed by atoms with Gasteiger partial charge in [0, 0.05) is 31.2 Å². The molecule has 0 spiro atoms. The van der Waals surface area contributed by atoms with Gasteiger partial charge in [0.25, 0.3) is 5.91 Å². The zero-order chi connectivity index (χ0) is 19.7. The molecule has 2 heterocycles. The number of carbonyl (C=O) groups is 1. The quantitative estimate of drug-likeness (QED) is 0.781. The Bertz CT molecular complexity index is 777. The van der Waals surface area contributed by atoms with Crippen LogP contribution < -0.4 is 0 Å². The van der Waals surface area contributed by atoms with E-state index >= 15 is 0 Å². The maximum Gasteiger partial charge on any atom is 0.254 e. The number of piperidine rings is 1. The fraction of sp³-hybridized carbons (Fsp3) is 0.667. The van der Waals surface area contributed by atoms with Crippen LogP contribution in [0.25, 0.3) is 0 Å². The SMILES string of the molecule is CC(C)(C)CC1CCCN1C(=O)c1cccc(S(=O)(=O)N2CCCCC2)c1. The predicted molar refractivity (Wildman–Crippen MR) is 107 cm³/mol. The summed E-state index contributed by atoms with van der Waals surface area (Å²) in [5.74, 6) is -0.0440. The van der Waals surface area contributed by atoms with Crippen LogP contribution in [-0.4, -0.2) is 49.2 Å². The standard InChI is InChI=1S/C21H32N2O3S/c1-21(2,3)16-18-10-8-14-23(18)20(24)17-9-7-11-19(15-17)27(25,26)22-12-5-4-6-13-22/h7,9,11,15,18H,4-6,8,10,12-14,16H2,1-3H3. The third kappa shape index (κ3) is 4.72. The van der Waals surface area contributed by atoms with Gasteiger partial charge in [-0.25, -0.2) is 8.42 Å². The number of carbonyl (C=O) groups excluding carboxylic acids is 1. The van der Waals surface area contributed by atoms with Gasteiger partial charge < -0.3 is 4.90 Å². The van der Waals surface area contributed by atoms with Crippen molar-refractivity contribution in [1.82, 2.24) is 9.21 Å². The molecule has 3 rings (SSSR count). The van der Waals surface area contributed by atoms with Gasteiger partial charge in [-0.15, -0.1) is 0 Å². The Morgan fingerprint density at radius 2 is 1.78 bits per heavy atom. The highest BCUT2D eigenvalue weighted by molar-refractivity contribution is 7.89. The molecule has 27 heavy (non-hydrogen) atoms. The van der Waals surface area contributed by atoms with E-state index < -0.39 is 10.0 Å². The Balaban J connectivity index is 1.81. The number of hydrogen-bond donors (Lipinski definition) is 0. The molecule has 1 atom stereocenters. The molecule has 1 aromatic carbocycles. The molecule has 5 nitrogen and oxygen atoms in total. The van der Waals surface area contributed by atoms with Crippen LogP contribution in [-0.2, 0) is 10.0 Å². The normalized spacial score (nSPS) is 22.2. The van der Waals surface area contributed by atoms with Crippen LogP contribution in [0.1, 0.15) is 69.7 Å². The molecule has 2 aliphatic heterocycles. The van der Waals surface area contributed by atoms with Gasteiger partial charge in [0.15, 0.2) is 0 Å². The zero-order valence-electron chi connectivity index (χ0n) is 16.8. The second kappa shape index (κ2) is 7.92. The van der Waals surface area contributed by atoms with Crippen molar-refractivity contribution >= 4 is 15.9 Å². The first-order valence-corrected chi connectivity index (χ1v) is 11.5. The lowest BCUT2D eigenvalue weighted by Crippen LogP contribution is -2.38. The average Bonchev–Trinajstić information content (AvgIpc) is 3.08. The summed E-state index contributed by atoms with van der Waals surface area (Å²) in [6.45, 7) is 8.47. The van der Waals surface area contributed by atoms with Gasteiger partial charge in [0.2, 0.25) is 10.0 Å². The summed E-state index contributed by atoms with van der Waals surface area (Å²) in [6, 6.07) is 6.85. The van der Waals surface area contributed by atoms with E-state index in [1.807, 2.05) is 4.90 Å². The molecular weight excluding hydrogens is 360 g/mol. The van der Waals surface area contributed by atoms with Crippen LogP contribution in [0.15, 0.2) is 29.2 Å². The van der Waals surface area contributed by atoms with Crippen LogP contribution in [0.4, 0.5) is 0 Å². The zero-order valence-corrected chi connectivity index (χ0v) is 17.6. The van der Waals surface area contributed by atoms with E-state index in [0.29, 0.717) is 18.7 Å².